The molecule has 0 aliphatic rings. The highest BCUT2D eigenvalue weighted by atomic mass is 14.5. The minimum atomic E-state index is 0.155. The van der Waals surface area contributed by atoms with Crippen LogP contribution in [0.15, 0.2) is 66.7 Å². The number of nitrogen functional groups attached to an aromatic ring is 2. The average molecular weight is 359 g/mol. The van der Waals surface area contributed by atoms with Crippen LogP contribution in [0.3, 0.4) is 0 Å². The lowest BCUT2D eigenvalue weighted by Crippen LogP contribution is -2.07. The molecule has 0 aliphatic heterocycles. The van der Waals surface area contributed by atoms with Crippen LogP contribution in [0.25, 0.3) is 0 Å². The lowest BCUT2D eigenvalue weighted by molar-refractivity contribution is 0.822. The Morgan fingerprint density at radius 3 is 1.15 bits per heavy atom. The van der Waals surface area contributed by atoms with Crippen LogP contribution in [-0.4, -0.2) is 0 Å². The second kappa shape index (κ2) is 7.87. The summed E-state index contributed by atoms with van der Waals surface area (Å²) in [5, 5.41) is 0. The van der Waals surface area contributed by atoms with Crippen LogP contribution in [0, 0.1) is 0 Å². The molecule has 27 heavy (non-hydrogen) atoms. The highest BCUT2D eigenvalue weighted by Gasteiger charge is 2.19. The molecular weight excluding hydrogens is 328 g/mol. The van der Waals surface area contributed by atoms with Crippen molar-refractivity contribution in [1.29, 1.82) is 0 Å². The van der Waals surface area contributed by atoms with Crippen LogP contribution < -0.4 is 11.5 Å². The van der Waals surface area contributed by atoms with Crippen LogP contribution >= 0.6 is 0 Å². The number of benzene rings is 3. The molecule has 2 nitrogen and oxygen atoms in total. The van der Waals surface area contributed by atoms with Gasteiger partial charge >= 0.3 is 0 Å². The maximum absolute atomic E-state index is 5.94. The molecule has 0 heterocycles. The predicted octanol–water partition coefficient (Wildman–Crippen LogP) is 6.28. The van der Waals surface area contributed by atoms with Gasteiger partial charge in [0.15, 0.2) is 0 Å². The van der Waals surface area contributed by atoms with E-state index >= 15 is 0 Å². The summed E-state index contributed by atoms with van der Waals surface area (Å²) >= 11 is 0. The first-order valence-electron chi connectivity index (χ1n) is 9.70. The molecule has 0 atom stereocenters. The molecule has 0 saturated heterocycles. The van der Waals surface area contributed by atoms with E-state index in [-0.39, 0.29) is 5.92 Å². The third-order valence-corrected chi connectivity index (χ3v) is 5.21. The summed E-state index contributed by atoms with van der Waals surface area (Å²) < 4.78 is 0. The summed E-state index contributed by atoms with van der Waals surface area (Å²) in [7, 11) is 0. The Balaban J connectivity index is 2.21. The summed E-state index contributed by atoms with van der Waals surface area (Å²) in [6.45, 7) is 9.02. The van der Waals surface area contributed by atoms with Crippen molar-refractivity contribution < 1.29 is 0 Å². The van der Waals surface area contributed by atoms with E-state index in [1.807, 2.05) is 24.3 Å². The van der Waals surface area contributed by atoms with Crippen molar-refractivity contribution in [2.45, 2.75) is 45.4 Å². The maximum Gasteiger partial charge on any atom is 0.0340 e. The van der Waals surface area contributed by atoms with E-state index in [0.717, 1.165) is 11.4 Å². The Morgan fingerprint density at radius 1 is 0.481 bits per heavy atom. The van der Waals surface area contributed by atoms with E-state index in [1.165, 1.54) is 27.8 Å². The molecule has 0 aliphatic carbocycles. The fourth-order valence-electron chi connectivity index (χ4n) is 3.49. The third-order valence-electron chi connectivity index (χ3n) is 5.21. The van der Waals surface area contributed by atoms with Crippen LogP contribution in [-0.2, 0) is 0 Å². The van der Waals surface area contributed by atoms with E-state index in [0.29, 0.717) is 11.8 Å². The van der Waals surface area contributed by atoms with E-state index in [2.05, 4.69) is 70.2 Å². The lowest BCUT2D eigenvalue weighted by Gasteiger charge is -2.23. The fourth-order valence-corrected chi connectivity index (χ4v) is 3.49. The first kappa shape index (κ1) is 19.0. The zero-order valence-corrected chi connectivity index (χ0v) is 16.7. The second-order valence-electron chi connectivity index (χ2n) is 8.01. The van der Waals surface area contributed by atoms with Gasteiger partial charge in [0.2, 0.25) is 0 Å². The smallest absolute Gasteiger partial charge is 0.0340 e. The van der Waals surface area contributed by atoms with Gasteiger partial charge in [-0.05, 0) is 63.9 Å². The molecule has 0 bridgehead atoms. The summed E-state index contributed by atoms with van der Waals surface area (Å²) in [5.74, 6) is 1.13. The zero-order chi connectivity index (χ0) is 19.6. The molecule has 0 amide bonds. The van der Waals surface area contributed by atoms with Crippen LogP contribution in [0.5, 0.6) is 0 Å². The van der Waals surface area contributed by atoms with Gasteiger partial charge in [-0.1, -0.05) is 70.2 Å². The maximum atomic E-state index is 5.94. The van der Waals surface area contributed by atoms with Crippen molar-refractivity contribution in [2.24, 2.45) is 0 Å². The lowest BCUT2D eigenvalue weighted by atomic mass is 9.81. The summed E-state index contributed by atoms with van der Waals surface area (Å²) in [6, 6.07) is 23.5. The van der Waals surface area contributed by atoms with Crippen molar-refractivity contribution in [3.05, 3.63) is 94.5 Å². The minimum Gasteiger partial charge on any atom is -0.399 e. The van der Waals surface area contributed by atoms with Gasteiger partial charge < -0.3 is 11.5 Å². The quantitative estimate of drug-likeness (QED) is 0.416. The van der Waals surface area contributed by atoms with E-state index < -0.39 is 0 Å². The van der Waals surface area contributed by atoms with E-state index in [9.17, 15) is 0 Å². The highest BCUT2D eigenvalue weighted by Crippen LogP contribution is 2.36. The van der Waals surface area contributed by atoms with Crippen molar-refractivity contribution in [2.75, 3.05) is 11.5 Å². The molecule has 0 unspecified atom stereocenters. The van der Waals surface area contributed by atoms with Crippen molar-refractivity contribution >= 4 is 11.4 Å². The normalized spacial score (nSPS) is 11.5. The van der Waals surface area contributed by atoms with Gasteiger partial charge in [0.1, 0.15) is 0 Å². The van der Waals surface area contributed by atoms with E-state index in [1.54, 1.807) is 0 Å². The zero-order valence-electron chi connectivity index (χ0n) is 16.7. The van der Waals surface area contributed by atoms with Gasteiger partial charge in [-0.3, -0.25) is 0 Å². The number of nitrogens with two attached hydrogens (primary N) is 2. The van der Waals surface area contributed by atoms with Crippen molar-refractivity contribution in [1.82, 2.24) is 0 Å². The Hall–Kier alpha value is -2.74. The Bertz CT molecular complexity index is 819. The Labute approximate surface area is 163 Å². The van der Waals surface area contributed by atoms with Gasteiger partial charge in [0.25, 0.3) is 0 Å². The predicted molar refractivity (Wildman–Crippen MR) is 117 cm³/mol. The first-order valence-corrected chi connectivity index (χ1v) is 9.70. The molecule has 2 heteroatoms. The van der Waals surface area contributed by atoms with E-state index in [4.69, 9.17) is 11.5 Å². The molecule has 0 radical (unpaired) electrons. The van der Waals surface area contributed by atoms with Gasteiger partial charge in [-0.15, -0.1) is 0 Å². The van der Waals surface area contributed by atoms with Crippen LogP contribution in [0.2, 0.25) is 0 Å². The molecule has 0 saturated carbocycles. The van der Waals surface area contributed by atoms with Gasteiger partial charge in [-0.2, -0.15) is 0 Å². The number of anilines is 2. The third kappa shape index (κ3) is 4.33. The van der Waals surface area contributed by atoms with Gasteiger partial charge in [0, 0.05) is 17.3 Å². The number of hydrogen-bond donors (Lipinski definition) is 2. The monoisotopic (exact) mass is 358 g/mol. The Kier molecular flexibility index (Phi) is 5.55. The SMILES string of the molecule is CC(C)c1cc(C(C)C)cc(C(c2ccc(N)cc2)c2ccc(N)cc2)c1. The number of hydrogen-bond acceptors (Lipinski definition) is 2. The summed E-state index contributed by atoms with van der Waals surface area (Å²) in [4.78, 5) is 0. The van der Waals surface area contributed by atoms with Gasteiger partial charge in [0.05, 0.1) is 0 Å². The molecule has 0 aromatic heterocycles. The first-order chi connectivity index (χ1) is 12.8. The molecule has 3 aromatic rings. The standard InChI is InChI=1S/C25H30N2/c1-16(2)20-13-21(17(3)4)15-22(14-20)25(18-5-9-23(26)10-6-18)19-7-11-24(27)12-8-19/h5-17,25H,26-27H2,1-4H3. The molecular formula is C25H30N2. The molecule has 3 aromatic carbocycles. The fraction of sp³-hybridized carbons (Fsp3) is 0.280. The van der Waals surface area contributed by atoms with Crippen LogP contribution in [0.4, 0.5) is 11.4 Å². The highest BCUT2D eigenvalue weighted by molar-refractivity contribution is 5.51. The van der Waals surface area contributed by atoms with Crippen molar-refractivity contribution in [3.8, 4) is 0 Å². The van der Waals surface area contributed by atoms with Gasteiger partial charge in [-0.25, -0.2) is 0 Å². The molecule has 3 rings (SSSR count). The topological polar surface area (TPSA) is 52.0 Å². The van der Waals surface area contributed by atoms with Crippen molar-refractivity contribution in [3.63, 3.8) is 0 Å². The molecule has 140 valence electrons. The van der Waals surface area contributed by atoms with Crippen LogP contribution in [0.1, 0.15) is 73.3 Å². The molecule has 4 N–H and O–H groups in total. The average Bonchev–Trinajstić information content (AvgIpc) is 2.65. The molecule has 0 fully saturated rings. The number of rotatable bonds is 5. The summed E-state index contributed by atoms with van der Waals surface area (Å²) in [5.41, 5.74) is 20.0. The largest absolute Gasteiger partial charge is 0.399 e. The Morgan fingerprint density at radius 2 is 0.815 bits per heavy atom. The second-order valence-corrected chi connectivity index (χ2v) is 8.01. The minimum absolute atomic E-state index is 0.155. The molecule has 0 spiro atoms. The summed E-state index contributed by atoms with van der Waals surface area (Å²) in [6.07, 6.45) is 0.